The van der Waals surface area contributed by atoms with Gasteiger partial charge in [0, 0.05) is 5.56 Å². The van der Waals surface area contributed by atoms with E-state index in [-0.39, 0.29) is 10.8 Å². The zero-order valence-electron chi connectivity index (χ0n) is 21.0. The summed E-state index contributed by atoms with van der Waals surface area (Å²) in [6.07, 6.45) is 7.02. The molecule has 2 rings (SSSR count). The monoisotopic (exact) mass is 454 g/mol. The van der Waals surface area contributed by atoms with Crippen LogP contribution in [0.5, 0.6) is 23.0 Å². The summed E-state index contributed by atoms with van der Waals surface area (Å²) in [5.41, 5.74) is 4.33. The van der Waals surface area contributed by atoms with Crippen LogP contribution in [-0.4, -0.2) is 27.6 Å². The van der Waals surface area contributed by atoms with Crippen molar-refractivity contribution in [3.05, 3.63) is 58.7 Å². The molecule has 174 valence electrons. The second-order valence-electron chi connectivity index (χ2n) is 9.82. The molecule has 0 radical (unpaired) electrons. The summed E-state index contributed by atoms with van der Waals surface area (Å²) in [6, 6.07) is 9.48. The Morgan fingerprint density at radius 1 is 0.938 bits per heavy atom. The molecule has 0 aliphatic carbocycles. The Hall–Kier alpha value is -2.66. The maximum absolute atomic E-state index is 9.83. The van der Waals surface area contributed by atoms with Gasteiger partial charge in [0.1, 0.15) is 5.75 Å². The van der Waals surface area contributed by atoms with E-state index in [1.807, 2.05) is 30.4 Å². The van der Waals surface area contributed by atoms with Gasteiger partial charge in [-0.2, -0.15) is 0 Å². The molecule has 2 aromatic rings. The van der Waals surface area contributed by atoms with E-state index in [2.05, 4.69) is 59.9 Å². The fraction of sp³-hybridized carbons (Fsp3) is 0.407. The second kappa shape index (κ2) is 10.3. The Kier molecular flexibility index (Phi) is 8.24. The van der Waals surface area contributed by atoms with Crippen LogP contribution in [0.15, 0.2) is 42.0 Å². The highest BCUT2D eigenvalue weighted by Gasteiger charge is 2.40. The molecule has 0 aliphatic rings. The normalized spacial score (nSPS) is 12.0. The number of benzene rings is 2. The van der Waals surface area contributed by atoms with Gasteiger partial charge in [-0.1, -0.05) is 50.6 Å². The molecule has 0 bridgehead atoms. The van der Waals surface area contributed by atoms with Crippen LogP contribution in [-0.2, 0) is 6.42 Å². The summed E-state index contributed by atoms with van der Waals surface area (Å²) >= 11 is 0. The largest absolute Gasteiger partial charge is 0.541 e. The molecule has 5 heteroatoms. The average molecular weight is 455 g/mol. The molecule has 0 saturated carbocycles. The fourth-order valence-corrected chi connectivity index (χ4v) is 3.96. The van der Waals surface area contributed by atoms with Gasteiger partial charge in [0.2, 0.25) is 0 Å². The molecule has 0 unspecified atom stereocenters. The predicted octanol–water partition coefficient (Wildman–Crippen LogP) is 7.47. The first kappa shape index (κ1) is 25.6. The second-order valence-corrected chi connectivity index (χ2v) is 14.5. The van der Waals surface area contributed by atoms with Crippen LogP contribution in [0.1, 0.15) is 51.3 Å². The lowest BCUT2D eigenvalue weighted by molar-refractivity contribution is 0.373. The maximum atomic E-state index is 9.83. The van der Waals surface area contributed by atoms with E-state index in [4.69, 9.17) is 13.9 Å². The van der Waals surface area contributed by atoms with Gasteiger partial charge in [-0.15, -0.1) is 0 Å². The van der Waals surface area contributed by atoms with Gasteiger partial charge in [0.25, 0.3) is 8.32 Å². The van der Waals surface area contributed by atoms with Crippen molar-refractivity contribution in [1.29, 1.82) is 0 Å². The summed E-state index contributed by atoms with van der Waals surface area (Å²) in [6.45, 7) is 15.4. The molecule has 0 amide bonds. The predicted molar refractivity (Wildman–Crippen MR) is 138 cm³/mol. The highest BCUT2D eigenvalue weighted by atomic mass is 28.4. The highest BCUT2D eigenvalue weighted by molar-refractivity contribution is 6.74. The third-order valence-corrected chi connectivity index (χ3v) is 10.3. The van der Waals surface area contributed by atoms with E-state index in [9.17, 15) is 5.11 Å². The minimum atomic E-state index is -2.04. The van der Waals surface area contributed by atoms with Crippen molar-refractivity contribution in [3.8, 4) is 23.0 Å². The van der Waals surface area contributed by atoms with Gasteiger partial charge in [-0.3, -0.25) is 0 Å². The topological polar surface area (TPSA) is 47.9 Å². The van der Waals surface area contributed by atoms with Crippen molar-refractivity contribution in [2.75, 3.05) is 14.2 Å². The quantitative estimate of drug-likeness (QED) is 0.255. The van der Waals surface area contributed by atoms with E-state index in [1.165, 1.54) is 5.57 Å². The number of hydrogen-bond donors (Lipinski definition) is 1. The first-order valence-electron chi connectivity index (χ1n) is 11.0. The molecule has 0 heterocycles. The molecule has 1 N–H and O–H groups in total. The van der Waals surface area contributed by atoms with Crippen LogP contribution in [0.25, 0.3) is 12.2 Å². The number of aromatic hydroxyl groups is 1. The van der Waals surface area contributed by atoms with Crippen LogP contribution in [0.2, 0.25) is 18.1 Å². The smallest absolute Gasteiger partial charge is 0.250 e. The van der Waals surface area contributed by atoms with Gasteiger partial charge < -0.3 is 19.0 Å². The summed E-state index contributed by atoms with van der Waals surface area (Å²) in [5, 5.41) is 9.91. The standard InChI is InChI=1S/C27H38O4Si/c1-19(2)10-14-22-16-21(12-11-20-13-15-23(28)24(17-20)29-6)18-25(30-7)26(22)31-32(8,9)27(3,4)5/h10-13,15-18,28H,14H2,1-9H3/b12-11+. The third-order valence-electron chi connectivity index (χ3n) is 5.94. The minimum absolute atomic E-state index is 0.0856. The highest BCUT2D eigenvalue weighted by Crippen LogP contribution is 2.42. The van der Waals surface area contributed by atoms with Crippen LogP contribution in [0, 0.1) is 0 Å². The van der Waals surface area contributed by atoms with Gasteiger partial charge >= 0.3 is 0 Å². The molecule has 0 atom stereocenters. The lowest BCUT2D eigenvalue weighted by Crippen LogP contribution is -2.44. The lowest BCUT2D eigenvalue weighted by atomic mass is 10.0. The summed E-state index contributed by atoms with van der Waals surface area (Å²) in [4.78, 5) is 0. The van der Waals surface area contributed by atoms with E-state index in [0.717, 1.165) is 34.6 Å². The van der Waals surface area contributed by atoms with Crippen molar-refractivity contribution in [3.63, 3.8) is 0 Å². The molecule has 2 aromatic carbocycles. The Morgan fingerprint density at radius 3 is 2.09 bits per heavy atom. The van der Waals surface area contributed by atoms with Crippen molar-refractivity contribution in [2.45, 2.75) is 59.2 Å². The fourth-order valence-electron chi connectivity index (χ4n) is 2.91. The van der Waals surface area contributed by atoms with Crippen LogP contribution in [0.4, 0.5) is 0 Å². The number of methoxy groups -OCH3 is 2. The summed E-state index contributed by atoms with van der Waals surface area (Å²) < 4.78 is 17.7. The van der Waals surface area contributed by atoms with E-state index < -0.39 is 8.32 Å². The van der Waals surface area contributed by atoms with Crippen molar-refractivity contribution in [2.24, 2.45) is 0 Å². The third kappa shape index (κ3) is 6.42. The molecular formula is C27H38O4Si. The molecule has 32 heavy (non-hydrogen) atoms. The Bertz CT molecular complexity index is 993. The molecular weight excluding hydrogens is 416 g/mol. The number of phenolic OH excluding ortho intramolecular Hbond substituents is 1. The summed E-state index contributed by atoms with van der Waals surface area (Å²) in [7, 11) is 1.20. The number of ether oxygens (including phenoxy) is 2. The van der Waals surface area contributed by atoms with Crippen LogP contribution >= 0.6 is 0 Å². The number of rotatable bonds is 8. The van der Waals surface area contributed by atoms with Gasteiger partial charge in [-0.25, -0.2) is 0 Å². The molecule has 4 nitrogen and oxygen atoms in total. The van der Waals surface area contributed by atoms with Gasteiger partial charge in [0.05, 0.1) is 14.2 Å². The SMILES string of the molecule is COc1cc(/C=C/c2cc(CC=C(C)C)c(O[Si](C)(C)C(C)(C)C)c(OC)c2)ccc1O. The maximum Gasteiger partial charge on any atom is 0.250 e. The van der Waals surface area contributed by atoms with Crippen molar-refractivity contribution >= 4 is 20.5 Å². The van der Waals surface area contributed by atoms with Crippen LogP contribution < -0.4 is 13.9 Å². The lowest BCUT2D eigenvalue weighted by Gasteiger charge is -2.37. The molecule has 0 fully saturated rings. The average Bonchev–Trinajstić information content (AvgIpc) is 2.71. The Morgan fingerprint density at radius 2 is 1.53 bits per heavy atom. The van der Waals surface area contributed by atoms with E-state index in [1.54, 1.807) is 20.3 Å². The van der Waals surface area contributed by atoms with Crippen molar-refractivity contribution in [1.82, 2.24) is 0 Å². The van der Waals surface area contributed by atoms with Gasteiger partial charge in [0.15, 0.2) is 17.2 Å². The molecule has 0 spiro atoms. The number of hydrogen-bond acceptors (Lipinski definition) is 4. The minimum Gasteiger partial charge on any atom is -0.541 e. The first-order chi connectivity index (χ1) is 14.9. The Balaban J connectivity index is 2.52. The van der Waals surface area contributed by atoms with Gasteiger partial charge in [-0.05, 0) is 73.8 Å². The van der Waals surface area contributed by atoms with E-state index in [0.29, 0.717) is 5.75 Å². The summed E-state index contributed by atoms with van der Waals surface area (Å²) in [5.74, 6) is 2.17. The van der Waals surface area contributed by atoms with E-state index >= 15 is 0 Å². The molecule has 0 saturated heterocycles. The first-order valence-corrected chi connectivity index (χ1v) is 13.9. The van der Waals surface area contributed by atoms with Crippen LogP contribution in [0.3, 0.4) is 0 Å². The molecule has 0 aliphatic heterocycles. The number of phenols is 1. The Labute approximate surface area is 194 Å². The number of allylic oxidation sites excluding steroid dienone is 2. The molecule has 0 aromatic heterocycles. The van der Waals surface area contributed by atoms with Crippen molar-refractivity contribution < 1.29 is 19.0 Å². The zero-order chi connectivity index (χ0) is 24.1. The zero-order valence-corrected chi connectivity index (χ0v) is 22.0.